The van der Waals surface area contributed by atoms with Crippen LogP contribution in [0.25, 0.3) is 0 Å². The van der Waals surface area contributed by atoms with Gasteiger partial charge in [-0.2, -0.15) is 17.9 Å². The number of ether oxygens (including phenoxy) is 1. The first kappa shape index (κ1) is 26.9. The van der Waals surface area contributed by atoms with Crippen molar-refractivity contribution in [2.24, 2.45) is 0 Å². The third-order valence-electron chi connectivity index (χ3n) is 6.15. The van der Waals surface area contributed by atoms with E-state index in [1.165, 1.54) is 28.1 Å². The number of hydrogen-bond acceptors (Lipinski definition) is 6. The SMILES string of the molecule is CS(=O)(=O)Nc1ccn(C(=O)N2CC[C@H](Oc3ccc(C(F)(F)F)c(N4CCC(F)CC4)c3)[C@H](F)C2)n1. The van der Waals surface area contributed by atoms with Gasteiger partial charge in [0, 0.05) is 44.4 Å². The monoisotopic (exact) mass is 551 g/mol. The van der Waals surface area contributed by atoms with Gasteiger partial charge in [0.2, 0.25) is 10.0 Å². The first-order valence-corrected chi connectivity index (χ1v) is 13.4. The number of nitrogens with one attached hydrogen (secondary N) is 1. The van der Waals surface area contributed by atoms with Crippen LogP contribution >= 0.6 is 0 Å². The molecule has 204 valence electrons. The number of likely N-dealkylation sites (tertiary alicyclic amines) is 1. The maximum absolute atomic E-state index is 15.0. The van der Waals surface area contributed by atoms with Crippen LogP contribution in [0.3, 0.4) is 0 Å². The molecule has 1 aromatic carbocycles. The van der Waals surface area contributed by atoms with E-state index in [1.54, 1.807) is 0 Å². The second-order valence-corrected chi connectivity index (χ2v) is 10.8. The Morgan fingerprint density at radius 3 is 2.43 bits per heavy atom. The number of aromatic nitrogens is 2. The number of anilines is 2. The van der Waals surface area contributed by atoms with Gasteiger partial charge in [-0.3, -0.25) is 4.72 Å². The summed E-state index contributed by atoms with van der Waals surface area (Å²) in [4.78, 5) is 15.3. The Balaban J connectivity index is 1.43. The van der Waals surface area contributed by atoms with Crippen LogP contribution in [0.1, 0.15) is 24.8 Å². The molecule has 0 spiro atoms. The Bertz CT molecular complexity index is 1230. The van der Waals surface area contributed by atoms with E-state index in [1.807, 2.05) is 0 Å². The number of carbonyl (C=O) groups is 1. The second kappa shape index (κ2) is 10.3. The zero-order valence-corrected chi connectivity index (χ0v) is 20.6. The molecule has 1 aromatic heterocycles. The van der Waals surface area contributed by atoms with Gasteiger partial charge in [0.25, 0.3) is 0 Å². The third kappa shape index (κ3) is 6.62. The van der Waals surface area contributed by atoms with Gasteiger partial charge in [0.1, 0.15) is 18.0 Å². The number of carbonyl (C=O) groups excluding carboxylic acids is 1. The number of benzene rings is 1. The topological polar surface area (TPSA) is 96.8 Å². The van der Waals surface area contributed by atoms with Gasteiger partial charge in [0.05, 0.1) is 24.1 Å². The molecule has 2 aliphatic rings. The lowest BCUT2D eigenvalue weighted by Crippen LogP contribution is -2.50. The summed E-state index contributed by atoms with van der Waals surface area (Å²) in [6.07, 6.45) is -5.88. The molecular weight excluding hydrogens is 525 g/mol. The first-order valence-electron chi connectivity index (χ1n) is 11.5. The van der Waals surface area contributed by atoms with Crippen molar-refractivity contribution in [3.05, 3.63) is 36.0 Å². The molecule has 4 rings (SSSR count). The average molecular weight is 552 g/mol. The lowest BCUT2D eigenvalue weighted by Gasteiger charge is -2.35. The summed E-state index contributed by atoms with van der Waals surface area (Å²) in [5.74, 6) is -0.0268. The van der Waals surface area contributed by atoms with Crippen molar-refractivity contribution in [2.75, 3.05) is 42.1 Å². The molecule has 0 aliphatic carbocycles. The molecule has 0 bridgehead atoms. The van der Waals surface area contributed by atoms with Gasteiger partial charge in [-0.05, 0) is 25.0 Å². The van der Waals surface area contributed by atoms with Crippen LogP contribution in [-0.2, 0) is 16.2 Å². The molecule has 0 unspecified atom stereocenters. The molecular formula is C22H26F5N5O4S. The quantitative estimate of drug-likeness (QED) is 0.570. The van der Waals surface area contributed by atoms with Crippen LogP contribution in [0.2, 0.25) is 0 Å². The zero-order chi connectivity index (χ0) is 27.0. The van der Waals surface area contributed by atoms with E-state index in [-0.39, 0.29) is 62.7 Å². The summed E-state index contributed by atoms with van der Waals surface area (Å²) >= 11 is 0. The van der Waals surface area contributed by atoms with Crippen molar-refractivity contribution >= 4 is 27.6 Å². The summed E-state index contributed by atoms with van der Waals surface area (Å²) in [6, 6.07) is 3.80. The highest BCUT2D eigenvalue weighted by Gasteiger charge is 2.37. The second-order valence-electron chi connectivity index (χ2n) is 9.05. The van der Waals surface area contributed by atoms with E-state index in [2.05, 4.69) is 9.82 Å². The van der Waals surface area contributed by atoms with Gasteiger partial charge >= 0.3 is 12.2 Å². The fourth-order valence-corrected chi connectivity index (χ4v) is 4.85. The molecule has 2 aliphatic heterocycles. The summed E-state index contributed by atoms with van der Waals surface area (Å²) in [5.41, 5.74) is -1.02. The third-order valence-corrected chi connectivity index (χ3v) is 6.73. The summed E-state index contributed by atoms with van der Waals surface area (Å²) in [7, 11) is -3.59. The number of halogens is 5. The number of amides is 1. The fraction of sp³-hybridized carbons (Fsp3) is 0.545. The van der Waals surface area contributed by atoms with Gasteiger partial charge in [0.15, 0.2) is 12.0 Å². The summed E-state index contributed by atoms with van der Waals surface area (Å²) < 4.78 is 101. The predicted molar refractivity (Wildman–Crippen MR) is 125 cm³/mol. The molecule has 9 nitrogen and oxygen atoms in total. The molecule has 15 heteroatoms. The molecule has 37 heavy (non-hydrogen) atoms. The normalized spacial score (nSPS) is 21.7. The highest BCUT2D eigenvalue weighted by atomic mass is 32.2. The van der Waals surface area contributed by atoms with Crippen molar-refractivity contribution in [3.8, 4) is 5.75 Å². The van der Waals surface area contributed by atoms with Crippen molar-refractivity contribution in [1.29, 1.82) is 0 Å². The van der Waals surface area contributed by atoms with Gasteiger partial charge < -0.3 is 14.5 Å². The van der Waals surface area contributed by atoms with E-state index >= 15 is 0 Å². The predicted octanol–water partition coefficient (Wildman–Crippen LogP) is 3.67. The van der Waals surface area contributed by atoms with E-state index in [0.29, 0.717) is 0 Å². The average Bonchev–Trinajstić information content (AvgIpc) is 3.26. The molecule has 2 saturated heterocycles. The Hall–Kier alpha value is -3.10. The lowest BCUT2D eigenvalue weighted by atomic mass is 10.0. The highest BCUT2D eigenvalue weighted by Crippen LogP contribution is 2.40. The first-order chi connectivity index (χ1) is 17.3. The number of nitrogens with zero attached hydrogens (tertiary/aromatic N) is 4. The standard InChI is InChI=1S/C22H26F5N5O4S/c1-37(34,35)29-20-7-11-32(28-20)21(33)31-10-6-19(17(24)13-31)36-15-2-3-16(22(25,26)27)18(12-15)30-8-4-14(23)5-9-30/h2-3,7,11-12,14,17,19H,4-6,8-10,13H2,1H3,(H,28,29)/t17-,19+/m1/s1. The van der Waals surface area contributed by atoms with Crippen LogP contribution in [0.15, 0.2) is 30.5 Å². The smallest absolute Gasteiger partial charge is 0.418 e. The van der Waals surface area contributed by atoms with Crippen LogP contribution < -0.4 is 14.4 Å². The Labute approximate surface area is 210 Å². The molecule has 1 N–H and O–H groups in total. The minimum atomic E-state index is -4.63. The molecule has 1 amide bonds. The number of piperidine rings is 2. The molecule has 2 fully saturated rings. The van der Waals surface area contributed by atoms with Crippen molar-refractivity contribution in [1.82, 2.24) is 14.7 Å². The number of alkyl halides is 5. The van der Waals surface area contributed by atoms with E-state index < -0.39 is 46.2 Å². The van der Waals surface area contributed by atoms with E-state index in [4.69, 9.17) is 4.74 Å². The molecule has 0 saturated carbocycles. The Morgan fingerprint density at radius 2 is 1.81 bits per heavy atom. The van der Waals surface area contributed by atoms with Crippen molar-refractivity contribution < 1.29 is 39.9 Å². The van der Waals surface area contributed by atoms with Crippen LogP contribution in [0.5, 0.6) is 5.75 Å². The largest absolute Gasteiger partial charge is 0.487 e. The van der Waals surface area contributed by atoms with Crippen LogP contribution in [0, 0.1) is 0 Å². The maximum atomic E-state index is 15.0. The molecule has 0 radical (unpaired) electrons. The Kier molecular flexibility index (Phi) is 7.53. The van der Waals surface area contributed by atoms with E-state index in [0.717, 1.165) is 23.1 Å². The summed E-state index contributed by atoms with van der Waals surface area (Å²) in [6.45, 7) is -0.0323. The fourth-order valence-electron chi connectivity index (χ4n) is 4.36. The number of rotatable bonds is 5. The minimum Gasteiger partial charge on any atom is -0.487 e. The van der Waals surface area contributed by atoms with Crippen LogP contribution in [0.4, 0.5) is 38.3 Å². The molecule has 3 heterocycles. The number of hydrogen-bond donors (Lipinski definition) is 1. The Morgan fingerprint density at radius 1 is 1.11 bits per heavy atom. The minimum absolute atomic E-state index is 0.0429. The van der Waals surface area contributed by atoms with Crippen molar-refractivity contribution in [2.45, 2.75) is 43.9 Å². The van der Waals surface area contributed by atoms with E-state index in [9.17, 15) is 35.2 Å². The zero-order valence-electron chi connectivity index (χ0n) is 19.8. The molecule has 2 aromatic rings. The van der Waals surface area contributed by atoms with Crippen molar-refractivity contribution in [3.63, 3.8) is 0 Å². The lowest BCUT2D eigenvalue weighted by molar-refractivity contribution is -0.137. The van der Waals surface area contributed by atoms with Gasteiger partial charge in [-0.1, -0.05) is 0 Å². The molecule has 2 atom stereocenters. The van der Waals surface area contributed by atoms with Gasteiger partial charge in [-0.15, -0.1) is 5.10 Å². The maximum Gasteiger partial charge on any atom is 0.418 e. The van der Waals surface area contributed by atoms with Crippen LogP contribution in [-0.4, -0.2) is 80.0 Å². The highest BCUT2D eigenvalue weighted by molar-refractivity contribution is 7.92. The van der Waals surface area contributed by atoms with Gasteiger partial charge in [-0.25, -0.2) is 22.0 Å². The summed E-state index contributed by atoms with van der Waals surface area (Å²) in [5, 5.41) is 3.83. The number of sulfonamides is 1.